The quantitative estimate of drug-likeness (QED) is 0.696. The summed E-state index contributed by atoms with van der Waals surface area (Å²) in [6.45, 7) is 4.13. The minimum atomic E-state index is -0.337. The lowest BCUT2D eigenvalue weighted by atomic mass is 9.94. The number of rotatable bonds is 2. The summed E-state index contributed by atoms with van der Waals surface area (Å²) in [6.07, 6.45) is 1.74. The Morgan fingerprint density at radius 2 is 2.08 bits per heavy atom. The van der Waals surface area contributed by atoms with Gasteiger partial charge in [-0.2, -0.15) is 0 Å². The van der Waals surface area contributed by atoms with Crippen molar-refractivity contribution in [3.63, 3.8) is 0 Å². The Morgan fingerprint density at radius 1 is 1.46 bits per heavy atom. The molecule has 0 saturated carbocycles. The normalized spacial score (nSPS) is 41.1. The Labute approximate surface area is 80.7 Å². The highest BCUT2D eigenvalue weighted by Gasteiger charge is 2.35. The molecule has 1 heterocycles. The number of hydrogen-bond acceptors (Lipinski definition) is 3. The van der Waals surface area contributed by atoms with Crippen molar-refractivity contribution in [1.82, 2.24) is 4.90 Å². The zero-order valence-corrected chi connectivity index (χ0v) is 9.03. The topological polar surface area (TPSA) is 32.7 Å². The smallest absolute Gasteiger partial charge is 0.0957 e. The Bertz CT molecular complexity index is 161. The van der Waals surface area contributed by atoms with E-state index < -0.39 is 0 Å². The number of ether oxygens (including phenoxy) is 1. The largest absolute Gasteiger partial charge is 0.389 e. The van der Waals surface area contributed by atoms with Crippen molar-refractivity contribution >= 4 is 0 Å². The highest BCUT2D eigenvalue weighted by molar-refractivity contribution is 4.88. The Hall–Kier alpha value is -0.120. The first-order chi connectivity index (χ1) is 6.06. The van der Waals surface area contributed by atoms with Gasteiger partial charge in [0.15, 0.2) is 0 Å². The van der Waals surface area contributed by atoms with Gasteiger partial charge in [-0.1, -0.05) is 6.92 Å². The molecule has 78 valence electrons. The summed E-state index contributed by atoms with van der Waals surface area (Å²) in [6, 6.07) is 0.244. The van der Waals surface area contributed by atoms with Crippen molar-refractivity contribution < 1.29 is 9.84 Å². The zero-order valence-electron chi connectivity index (χ0n) is 9.03. The summed E-state index contributed by atoms with van der Waals surface area (Å²) >= 11 is 0. The first-order valence-electron chi connectivity index (χ1n) is 5.06. The van der Waals surface area contributed by atoms with E-state index in [2.05, 4.69) is 18.7 Å². The molecule has 1 aliphatic rings. The van der Waals surface area contributed by atoms with E-state index in [9.17, 15) is 5.11 Å². The lowest BCUT2D eigenvalue weighted by Crippen LogP contribution is -2.52. The average Bonchev–Trinajstić information content (AvgIpc) is 2.08. The van der Waals surface area contributed by atoms with Crippen LogP contribution in [0.1, 0.15) is 26.7 Å². The van der Waals surface area contributed by atoms with Crippen molar-refractivity contribution in [2.75, 3.05) is 14.1 Å². The second-order valence-electron chi connectivity index (χ2n) is 4.15. The maximum absolute atomic E-state index is 9.95. The molecular formula is C10H21NO2. The molecule has 4 atom stereocenters. The molecule has 1 aliphatic heterocycles. The van der Waals surface area contributed by atoms with Crippen molar-refractivity contribution in [2.45, 2.75) is 51.0 Å². The van der Waals surface area contributed by atoms with E-state index in [0.717, 1.165) is 12.8 Å². The van der Waals surface area contributed by atoms with E-state index in [0.29, 0.717) is 0 Å². The van der Waals surface area contributed by atoms with Crippen LogP contribution in [0.15, 0.2) is 0 Å². The standard InChI is InChI=1S/C10H21NO2/c1-5-9-10(12)8(11(3)4)6-7(2)13-9/h7-10,12H,5-6H2,1-4H3/t7-,8+,9+,10-/m1/s1. The first-order valence-corrected chi connectivity index (χ1v) is 5.06. The molecule has 1 saturated heterocycles. The van der Waals surface area contributed by atoms with E-state index >= 15 is 0 Å². The summed E-state index contributed by atoms with van der Waals surface area (Å²) in [4.78, 5) is 2.09. The summed E-state index contributed by atoms with van der Waals surface area (Å²) in [5, 5.41) is 9.95. The van der Waals surface area contributed by atoms with Crippen molar-refractivity contribution in [1.29, 1.82) is 0 Å². The molecule has 0 amide bonds. The van der Waals surface area contributed by atoms with Crippen LogP contribution in [0.3, 0.4) is 0 Å². The van der Waals surface area contributed by atoms with Crippen LogP contribution in [0.25, 0.3) is 0 Å². The van der Waals surface area contributed by atoms with E-state index in [4.69, 9.17) is 4.74 Å². The number of likely N-dealkylation sites (N-methyl/N-ethyl adjacent to an activating group) is 1. The fourth-order valence-corrected chi connectivity index (χ4v) is 2.02. The zero-order chi connectivity index (χ0) is 10.0. The van der Waals surface area contributed by atoms with E-state index in [-0.39, 0.29) is 24.4 Å². The molecule has 3 heteroatoms. The molecule has 1 rings (SSSR count). The van der Waals surface area contributed by atoms with Crippen LogP contribution in [0.5, 0.6) is 0 Å². The monoisotopic (exact) mass is 187 g/mol. The molecule has 0 aromatic heterocycles. The van der Waals surface area contributed by atoms with Gasteiger partial charge in [-0.15, -0.1) is 0 Å². The van der Waals surface area contributed by atoms with Crippen LogP contribution in [-0.2, 0) is 4.74 Å². The van der Waals surface area contributed by atoms with Gasteiger partial charge < -0.3 is 14.7 Å². The van der Waals surface area contributed by atoms with Crippen LogP contribution < -0.4 is 0 Å². The minimum Gasteiger partial charge on any atom is -0.389 e. The third-order valence-corrected chi connectivity index (χ3v) is 2.82. The fraction of sp³-hybridized carbons (Fsp3) is 1.00. The predicted octanol–water partition coefficient (Wildman–Crippen LogP) is 0.865. The van der Waals surface area contributed by atoms with Crippen molar-refractivity contribution in [3.05, 3.63) is 0 Å². The number of aliphatic hydroxyl groups excluding tert-OH is 1. The molecule has 0 aliphatic carbocycles. The number of aliphatic hydroxyl groups is 1. The van der Waals surface area contributed by atoms with Gasteiger partial charge in [0.05, 0.1) is 18.3 Å². The molecule has 1 fully saturated rings. The average molecular weight is 187 g/mol. The van der Waals surface area contributed by atoms with Gasteiger partial charge in [0.2, 0.25) is 0 Å². The maximum atomic E-state index is 9.95. The second kappa shape index (κ2) is 4.40. The molecule has 0 radical (unpaired) electrons. The van der Waals surface area contributed by atoms with Gasteiger partial charge in [0.1, 0.15) is 0 Å². The van der Waals surface area contributed by atoms with Gasteiger partial charge in [0.25, 0.3) is 0 Å². The lowest BCUT2D eigenvalue weighted by Gasteiger charge is -2.41. The van der Waals surface area contributed by atoms with E-state index in [1.54, 1.807) is 0 Å². The van der Waals surface area contributed by atoms with Crippen LogP contribution in [-0.4, -0.2) is 48.5 Å². The Kier molecular flexibility index (Phi) is 3.71. The van der Waals surface area contributed by atoms with Gasteiger partial charge in [0, 0.05) is 6.04 Å². The molecule has 0 spiro atoms. The summed E-state index contributed by atoms with van der Waals surface area (Å²) < 4.78 is 5.65. The van der Waals surface area contributed by atoms with Gasteiger partial charge in [-0.25, -0.2) is 0 Å². The second-order valence-corrected chi connectivity index (χ2v) is 4.15. The first kappa shape index (κ1) is 11.0. The van der Waals surface area contributed by atoms with Gasteiger partial charge >= 0.3 is 0 Å². The minimum absolute atomic E-state index is 0.0103. The summed E-state index contributed by atoms with van der Waals surface area (Å²) in [5.74, 6) is 0. The molecule has 0 unspecified atom stereocenters. The van der Waals surface area contributed by atoms with Crippen LogP contribution in [0.2, 0.25) is 0 Å². The molecule has 13 heavy (non-hydrogen) atoms. The molecule has 3 nitrogen and oxygen atoms in total. The molecule has 0 aromatic rings. The van der Waals surface area contributed by atoms with Crippen LogP contribution in [0.4, 0.5) is 0 Å². The third kappa shape index (κ3) is 2.42. The van der Waals surface area contributed by atoms with Gasteiger partial charge in [-0.05, 0) is 33.9 Å². The molecular weight excluding hydrogens is 166 g/mol. The lowest BCUT2D eigenvalue weighted by molar-refractivity contribution is -0.142. The van der Waals surface area contributed by atoms with Gasteiger partial charge in [-0.3, -0.25) is 0 Å². The predicted molar refractivity (Wildman–Crippen MR) is 52.7 cm³/mol. The molecule has 0 aromatic carbocycles. The third-order valence-electron chi connectivity index (χ3n) is 2.82. The van der Waals surface area contributed by atoms with Crippen molar-refractivity contribution in [3.8, 4) is 0 Å². The van der Waals surface area contributed by atoms with Crippen LogP contribution in [0, 0.1) is 0 Å². The van der Waals surface area contributed by atoms with E-state index in [1.807, 2.05) is 14.1 Å². The summed E-state index contributed by atoms with van der Waals surface area (Å²) in [7, 11) is 4.03. The number of hydrogen-bond donors (Lipinski definition) is 1. The van der Waals surface area contributed by atoms with Crippen LogP contribution >= 0.6 is 0 Å². The SMILES string of the molecule is CC[C@@H]1O[C@H](C)C[C@H](N(C)C)[C@H]1O. The Balaban J connectivity index is 2.63. The maximum Gasteiger partial charge on any atom is 0.0957 e. The summed E-state index contributed by atoms with van der Waals surface area (Å²) in [5.41, 5.74) is 0. The Morgan fingerprint density at radius 3 is 2.54 bits per heavy atom. The highest BCUT2D eigenvalue weighted by atomic mass is 16.5. The molecule has 0 bridgehead atoms. The highest BCUT2D eigenvalue weighted by Crippen LogP contribution is 2.24. The number of nitrogens with zero attached hydrogens (tertiary/aromatic N) is 1. The molecule has 1 N–H and O–H groups in total. The fourth-order valence-electron chi connectivity index (χ4n) is 2.02. The van der Waals surface area contributed by atoms with E-state index in [1.165, 1.54) is 0 Å². The van der Waals surface area contributed by atoms with Crippen molar-refractivity contribution in [2.24, 2.45) is 0 Å².